The van der Waals surface area contributed by atoms with Gasteiger partial charge in [-0.3, -0.25) is 20.0 Å². The summed E-state index contributed by atoms with van der Waals surface area (Å²) < 4.78 is 0. The van der Waals surface area contributed by atoms with Gasteiger partial charge in [-0.1, -0.05) is 19.1 Å². The molecule has 1 aromatic carbocycles. The second-order valence-corrected chi connectivity index (χ2v) is 6.55. The molecule has 0 saturated carbocycles. The highest BCUT2D eigenvalue weighted by molar-refractivity contribution is 6.00. The van der Waals surface area contributed by atoms with Crippen LogP contribution in [0.2, 0.25) is 0 Å². The number of carbonyl (C=O) groups excluding carboxylic acids is 1. The van der Waals surface area contributed by atoms with Crippen molar-refractivity contribution in [2.24, 2.45) is 5.92 Å². The predicted molar refractivity (Wildman–Crippen MR) is 91.1 cm³/mol. The first kappa shape index (κ1) is 15.4. The molecule has 1 amide bonds. The molecule has 0 bridgehead atoms. The number of non-ortho nitro benzene ring substituents is 1. The van der Waals surface area contributed by atoms with Gasteiger partial charge in [0.05, 0.1) is 11.1 Å². The van der Waals surface area contributed by atoms with Crippen molar-refractivity contribution in [3.63, 3.8) is 0 Å². The van der Waals surface area contributed by atoms with Crippen LogP contribution in [0.15, 0.2) is 30.5 Å². The predicted octanol–water partition coefficient (Wildman–Crippen LogP) is 2.63. The SMILES string of the molecule is CC1Cc2[nH]ncc2CN(C(=O)c2cc3cccc([N+](=O)[O-])c3[nH]2)C1. The second kappa shape index (κ2) is 5.73. The number of fused-ring (bicyclic) bond motifs is 2. The fourth-order valence-electron chi connectivity index (χ4n) is 3.44. The van der Waals surface area contributed by atoms with Gasteiger partial charge in [0.15, 0.2) is 0 Å². The minimum Gasteiger partial charge on any atom is -0.345 e. The first-order valence-corrected chi connectivity index (χ1v) is 8.09. The zero-order valence-electron chi connectivity index (χ0n) is 13.7. The summed E-state index contributed by atoms with van der Waals surface area (Å²) in [6.07, 6.45) is 2.60. The van der Waals surface area contributed by atoms with Gasteiger partial charge in [-0.15, -0.1) is 0 Å². The van der Waals surface area contributed by atoms with Crippen molar-refractivity contribution >= 4 is 22.5 Å². The van der Waals surface area contributed by atoms with Gasteiger partial charge in [-0.25, -0.2) is 0 Å². The van der Waals surface area contributed by atoms with Gasteiger partial charge in [0.25, 0.3) is 11.6 Å². The van der Waals surface area contributed by atoms with Crippen LogP contribution in [0.4, 0.5) is 5.69 Å². The molecule has 1 atom stereocenters. The average Bonchev–Trinajstić information content (AvgIpc) is 3.16. The summed E-state index contributed by atoms with van der Waals surface area (Å²) in [7, 11) is 0. The van der Waals surface area contributed by atoms with Crippen LogP contribution in [-0.2, 0) is 13.0 Å². The van der Waals surface area contributed by atoms with Crippen LogP contribution >= 0.6 is 0 Å². The number of nitro benzene ring substituents is 1. The molecule has 0 saturated heterocycles. The molecular weight excluding hydrogens is 322 g/mol. The zero-order chi connectivity index (χ0) is 17.6. The Morgan fingerprint density at radius 2 is 2.28 bits per heavy atom. The van der Waals surface area contributed by atoms with Crippen LogP contribution in [0.5, 0.6) is 0 Å². The van der Waals surface area contributed by atoms with Crippen molar-refractivity contribution in [3.05, 3.63) is 57.5 Å². The van der Waals surface area contributed by atoms with Crippen molar-refractivity contribution in [3.8, 4) is 0 Å². The lowest BCUT2D eigenvalue weighted by Crippen LogP contribution is -2.33. The number of nitrogens with zero attached hydrogens (tertiary/aromatic N) is 3. The highest BCUT2D eigenvalue weighted by atomic mass is 16.6. The second-order valence-electron chi connectivity index (χ2n) is 6.55. The molecule has 2 N–H and O–H groups in total. The Bertz CT molecular complexity index is 974. The zero-order valence-corrected chi connectivity index (χ0v) is 13.7. The summed E-state index contributed by atoms with van der Waals surface area (Å²) in [5, 5.41) is 18.9. The molecule has 1 aliphatic heterocycles. The highest BCUT2D eigenvalue weighted by Crippen LogP contribution is 2.27. The molecule has 4 rings (SSSR count). The maximum atomic E-state index is 13.0. The normalized spacial score (nSPS) is 17.3. The van der Waals surface area contributed by atoms with E-state index < -0.39 is 4.92 Å². The number of carbonyl (C=O) groups is 1. The van der Waals surface area contributed by atoms with E-state index in [1.807, 2.05) is 0 Å². The summed E-state index contributed by atoms with van der Waals surface area (Å²) in [6, 6.07) is 6.48. The van der Waals surface area contributed by atoms with Crippen molar-refractivity contribution in [1.29, 1.82) is 0 Å². The Morgan fingerprint density at radius 3 is 3.08 bits per heavy atom. The summed E-state index contributed by atoms with van der Waals surface area (Å²) in [4.78, 5) is 28.4. The van der Waals surface area contributed by atoms with Gasteiger partial charge >= 0.3 is 0 Å². The van der Waals surface area contributed by atoms with E-state index in [0.717, 1.165) is 17.7 Å². The van der Waals surface area contributed by atoms with Gasteiger partial charge in [-0.2, -0.15) is 5.10 Å². The molecule has 25 heavy (non-hydrogen) atoms. The van der Waals surface area contributed by atoms with E-state index in [-0.39, 0.29) is 11.6 Å². The molecule has 2 aromatic heterocycles. The molecule has 128 valence electrons. The van der Waals surface area contributed by atoms with E-state index in [1.54, 1.807) is 29.3 Å². The van der Waals surface area contributed by atoms with Crippen LogP contribution < -0.4 is 0 Å². The largest absolute Gasteiger partial charge is 0.345 e. The Balaban J connectivity index is 1.70. The molecule has 0 spiro atoms. The van der Waals surface area contributed by atoms with Crippen LogP contribution in [0.1, 0.15) is 28.7 Å². The summed E-state index contributed by atoms with van der Waals surface area (Å²) in [5.74, 6) is 0.135. The number of amides is 1. The van der Waals surface area contributed by atoms with Crippen molar-refractivity contribution in [2.45, 2.75) is 19.9 Å². The van der Waals surface area contributed by atoms with E-state index in [9.17, 15) is 14.9 Å². The number of hydrogen-bond acceptors (Lipinski definition) is 4. The summed E-state index contributed by atoms with van der Waals surface area (Å²) >= 11 is 0. The summed E-state index contributed by atoms with van der Waals surface area (Å²) in [5.41, 5.74) is 2.79. The quantitative estimate of drug-likeness (QED) is 0.552. The molecule has 0 radical (unpaired) electrons. The molecule has 3 heterocycles. The van der Waals surface area contributed by atoms with Crippen molar-refractivity contribution < 1.29 is 9.72 Å². The molecule has 0 aliphatic carbocycles. The fraction of sp³-hybridized carbons (Fsp3) is 0.294. The van der Waals surface area contributed by atoms with E-state index in [1.165, 1.54) is 6.07 Å². The number of nitrogens with one attached hydrogen (secondary N) is 2. The van der Waals surface area contributed by atoms with Crippen molar-refractivity contribution in [2.75, 3.05) is 6.54 Å². The Kier molecular flexibility index (Phi) is 3.52. The van der Waals surface area contributed by atoms with Gasteiger partial charge in [0, 0.05) is 35.8 Å². The fourth-order valence-corrected chi connectivity index (χ4v) is 3.44. The molecule has 8 nitrogen and oxygen atoms in total. The number of aromatic nitrogens is 3. The third-order valence-electron chi connectivity index (χ3n) is 4.60. The van der Waals surface area contributed by atoms with Gasteiger partial charge in [0.2, 0.25) is 0 Å². The summed E-state index contributed by atoms with van der Waals surface area (Å²) in [6.45, 7) is 3.19. The van der Waals surface area contributed by atoms with Crippen LogP contribution in [-0.4, -0.2) is 37.5 Å². The number of benzene rings is 1. The first-order chi connectivity index (χ1) is 12.0. The van der Waals surface area contributed by atoms with E-state index in [4.69, 9.17) is 0 Å². The maximum Gasteiger partial charge on any atom is 0.293 e. The minimum absolute atomic E-state index is 0.0297. The van der Waals surface area contributed by atoms with Crippen LogP contribution in [0.25, 0.3) is 10.9 Å². The standard InChI is InChI=1S/C17H17N5O3/c1-10-5-13-12(7-18-20-13)9-21(8-10)17(23)14-6-11-3-2-4-15(22(24)25)16(11)19-14/h2-4,6-7,10,19H,5,8-9H2,1H3,(H,18,20). The van der Waals surface area contributed by atoms with Crippen molar-refractivity contribution in [1.82, 2.24) is 20.1 Å². The van der Waals surface area contributed by atoms with Gasteiger partial charge in [-0.05, 0) is 18.4 Å². The number of rotatable bonds is 2. The highest BCUT2D eigenvalue weighted by Gasteiger charge is 2.26. The Morgan fingerprint density at radius 1 is 1.44 bits per heavy atom. The minimum atomic E-state index is -0.446. The Labute approximate surface area is 143 Å². The first-order valence-electron chi connectivity index (χ1n) is 8.09. The van der Waals surface area contributed by atoms with E-state index in [2.05, 4.69) is 22.1 Å². The monoisotopic (exact) mass is 339 g/mol. The molecule has 1 aliphatic rings. The number of nitro groups is 1. The maximum absolute atomic E-state index is 13.0. The van der Waals surface area contributed by atoms with Crippen LogP contribution in [0.3, 0.4) is 0 Å². The molecule has 0 fully saturated rings. The number of para-hydroxylation sites is 1. The van der Waals surface area contributed by atoms with Gasteiger partial charge in [0.1, 0.15) is 11.2 Å². The smallest absolute Gasteiger partial charge is 0.293 e. The van der Waals surface area contributed by atoms with Gasteiger partial charge < -0.3 is 9.88 Å². The number of hydrogen-bond donors (Lipinski definition) is 2. The number of aromatic amines is 2. The lowest BCUT2D eigenvalue weighted by Gasteiger charge is -2.22. The molecule has 8 heteroatoms. The lowest BCUT2D eigenvalue weighted by molar-refractivity contribution is -0.383. The third-order valence-corrected chi connectivity index (χ3v) is 4.60. The molecule has 3 aromatic rings. The van der Waals surface area contributed by atoms with E-state index >= 15 is 0 Å². The lowest BCUT2D eigenvalue weighted by atomic mass is 10.1. The van der Waals surface area contributed by atoms with E-state index in [0.29, 0.717) is 35.6 Å². The number of H-pyrrole nitrogens is 2. The van der Waals surface area contributed by atoms with Crippen LogP contribution in [0, 0.1) is 16.0 Å². The molecular formula is C17H17N5O3. The Hall–Kier alpha value is -3.16. The molecule has 1 unspecified atom stereocenters. The average molecular weight is 339 g/mol. The topological polar surface area (TPSA) is 108 Å². The third kappa shape index (κ3) is 2.65.